The molecule has 2 atom stereocenters. The predicted molar refractivity (Wildman–Crippen MR) is 80.6 cm³/mol. The number of aromatic nitrogens is 3. The normalized spacial score (nSPS) is 32.0. The van der Waals surface area contributed by atoms with Crippen LogP contribution in [-0.2, 0) is 0 Å². The average molecular weight is 283 g/mol. The van der Waals surface area contributed by atoms with Crippen molar-refractivity contribution in [1.82, 2.24) is 15.2 Å². The summed E-state index contributed by atoms with van der Waals surface area (Å²) in [6, 6.07) is 10.1. The molecule has 2 bridgehead atoms. The van der Waals surface area contributed by atoms with E-state index in [-0.39, 0.29) is 6.10 Å². The molecular weight excluding hydrogens is 262 g/mol. The minimum absolute atomic E-state index is 0.0793. The molecule has 0 aliphatic heterocycles. The number of aromatic amines is 1. The zero-order valence-corrected chi connectivity index (χ0v) is 12.1. The van der Waals surface area contributed by atoms with Crippen LogP contribution in [0.1, 0.15) is 43.8 Å². The van der Waals surface area contributed by atoms with E-state index in [0.717, 1.165) is 42.9 Å². The quantitative estimate of drug-likeness (QED) is 0.890. The minimum atomic E-state index is -0.0793. The largest absolute Gasteiger partial charge is 0.393 e. The third-order valence-electron chi connectivity index (χ3n) is 5.03. The first kappa shape index (κ1) is 13.0. The number of aliphatic hydroxyl groups excluding tert-OH is 1. The van der Waals surface area contributed by atoms with Crippen LogP contribution in [0.2, 0.25) is 0 Å². The van der Waals surface area contributed by atoms with E-state index >= 15 is 0 Å². The number of benzene rings is 1. The summed E-state index contributed by atoms with van der Waals surface area (Å²) in [6.45, 7) is 0. The lowest BCUT2D eigenvalue weighted by molar-refractivity contribution is 0.0379. The maximum absolute atomic E-state index is 9.89. The number of hydrogen-bond acceptors (Lipinski definition) is 3. The molecule has 2 fully saturated rings. The number of rotatable bonds is 2. The molecule has 0 radical (unpaired) electrons. The molecule has 1 aromatic carbocycles. The molecule has 4 rings (SSSR count). The SMILES string of the molecule is OC1CC2CC(C1)CC(c1nc(-c3ccccc3)n[nH]1)C2. The van der Waals surface area contributed by atoms with Gasteiger partial charge in [0.1, 0.15) is 5.82 Å². The molecule has 21 heavy (non-hydrogen) atoms. The van der Waals surface area contributed by atoms with Crippen molar-refractivity contribution in [2.24, 2.45) is 11.8 Å². The van der Waals surface area contributed by atoms with Gasteiger partial charge in [0.25, 0.3) is 0 Å². The van der Waals surface area contributed by atoms with Gasteiger partial charge in [-0.3, -0.25) is 5.10 Å². The predicted octanol–water partition coefficient (Wildman–Crippen LogP) is 3.13. The Kier molecular flexibility index (Phi) is 3.26. The van der Waals surface area contributed by atoms with Gasteiger partial charge in [-0.15, -0.1) is 0 Å². The van der Waals surface area contributed by atoms with Crippen molar-refractivity contribution in [1.29, 1.82) is 0 Å². The number of aliphatic hydroxyl groups is 1. The molecule has 0 spiro atoms. The standard InChI is InChI=1S/C17H21N3O/c21-15-9-11-6-12(10-15)8-14(7-11)17-18-16(19-20-17)13-4-2-1-3-5-13/h1-5,11-12,14-15,21H,6-10H2,(H,18,19,20). The molecule has 2 aliphatic rings. The smallest absolute Gasteiger partial charge is 0.181 e. The molecule has 1 aromatic heterocycles. The van der Waals surface area contributed by atoms with Gasteiger partial charge in [0.15, 0.2) is 5.82 Å². The van der Waals surface area contributed by atoms with Crippen molar-refractivity contribution in [3.8, 4) is 11.4 Å². The van der Waals surface area contributed by atoms with E-state index in [0.29, 0.717) is 17.8 Å². The van der Waals surface area contributed by atoms with Crippen LogP contribution in [0.15, 0.2) is 30.3 Å². The Morgan fingerprint density at radius 3 is 2.38 bits per heavy atom. The topological polar surface area (TPSA) is 61.8 Å². The summed E-state index contributed by atoms with van der Waals surface area (Å²) in [6.07, 6.45) is 5.41. The van der Waals surface area contributed by atoms with Gasteiger partial charge < -0.3 is 5.11 Å². The molecule has 2 saturated carbocycles. The third-order valence-corrected chi connectivity index (χ3v) is 5.03. The molecule has 0 saturated heterocycles. The second-order valence-electron chi connectivity index (χ2n) is 6.67. The van der Waals surface area contributed by atoms with Crippen LogP contribution in [0.5, 0.6) is 0 Å². The Labute approximate surface area is 124 Å². The van der Waals surface area contributed by atoms with Crippen LogP contribution >= 0.6 is 0 Å². The van der Waals surface area contributed by atoms with Crippen LogP contribution in [0.25, 0.3) is 11.4 Å². The molecule has 4 nitrogen and oxygen atoms in total. The van der Waals surface area contributed by atoms with Gasteiger partial charge >= 0.3 is 0 Å². The summed E-state index contributed by atoms with van der Waals surface area (Å²) in [4.78, 5) is 4.72. The fraction of sp³-hybridized carbons (Fsp3) is 0.529. The summed E-state index contributed by atoms with van der Waals surface area (Å²) in [5, 5.41) is 17.4. The first-order valence-electron chi connectivity index (χ1n) is 7.93. The Bertz CT molecular complexity index is 592. The molecule has 2 N–H and O–H groups in total. The van der Waals surface area contributed by atoms with E-state index in [1.54, 1.807) is 0 Å². The van der Waals surface area contributed by atoms with Crippen molar-refractivity contribution >= 4 is 0 Å². The summed E-state index contributed by atoms with van der Waals surface area (Å²) in [7, 11) is 0. The highest BCUT2D eigenvalue weighted by atomic mass is 16.3. The van der Waals surface area contributed by atoms with Gasteiger partial charge in [0.05, 0.1) is 6.10 Å². The van der Waals surface area contributed by atoms with Gasteiger partial charge in [-0.2, -0.15) is 5.10 Å². The average Bonchev–Trinajstić information content (AvgIpc) is 2.97. The van der Waals surface area contributed by atoms with Crippen LogP contribution in [-0.4, -0.2) is 26.4 Å². The monoisotopic (exact) mass is 283 g/mol. The summed E-state index contributed by atoms with van der Waals surface area (Å²) >= 11 is 0. The van der Waals surface area contributed by atoms with Gasteiger partial charge in [-0.1, -0.05) is 30.3 Å². The molecule has 2 unspecified atom stereocenters. The van der Waals surface area contributed by atoms with E-state index in [4.69, 9.17) is 4.98 Å². The van der Waals surface area contributed by atoms with Crippen molar-refractivity contribution in [3.63, 3.8) is 0 Å². The van der Waals surface area contributed by atoms with Gasteiger partial charge in [-0.25, -0.2) is 4.98 Å². The highest BCUT2D eigenvalue weighted by molar-refractivity contribution is 5.53. The van der Waals surface area contributed by atoms with Crippen LogP contribution in [0.3, 0.4) is 0 Å². The highest BCUT2D eigenvalue weighted by Gasteiger charge is 2.37. The fourth-order valence-corrected chi connectivity index (χ4v) is 4.21. The highest BCUT2D eigenvalue weighted by Crippen LogP contribution is 2.45. The minimum Gasteiger partial charge on any atom is -0.393 e. The van der Waals surface area contributed by atoms with Crippen molar-refractivity contribution in [2.45, 2.75) is 44.1 Å². The van der Waals surface area contributed by atoms with Crippen molar-refractivity contribution < 1.29 is 5.11 Å². The maximum atomic E-state index is 9.89. The molecule has 4 heteroatoms. The van der Waals surface area contributed by atoms with E-state index in [2.05, 4.69) is 10.2 Å². The third kappa shape index (κ3) is 2.60. The lowest BCUT2D eigenvalue weighted by Gasteiger charge is -2.40. The van der Waals surface area contributed by atoms with Gasteiger partial charge in [-0.05, 0) is 43.9 Å². The molecule has 2 aliphatic carbocycles. The van der Waals surface area contributed by atoms with Gasteiger partial charge in [0, 0.05) is 11.5 Å². The Morgan fingerprint density at radius 2 is 1.67 bits per heavy atom. The molecule has 1 heterocycles. The van der Waals surface area contributed by atoms with Crippen LogP contribution in [0, 0.1) is 11.8 Å². The van der Waals surface area contributed by atoms with Crippen LogP contribution in [0.4, 0.5) is 0 Å². The van der Waals surface area contributed by atoms with E-state index in [1.165, 1.54) is 6.42 Å². The van der Waals surface area contributed by atoms with Gasteiger partial charge in [0.2, 0.25) is 0 Å². The molecule has 110 valence electrons. The Hall–Kier alpha value is -1.68. The molecular formula is C17H21N3O. The number of nitrogens with zero attached hydrogens (tertiary/aromatic N) is 2. The molecule has 2 aromatic rings. The van der Waals surface area contributed by atoms with Crippen LogP contribution < -0.4 is 0 Å². The number of H-pyrrole nitrogens is 1. The number of nitrogens with one attached hydrogen (secondary N) is 1. The van der Waals surface area contributed by atoms with Crippen molar-refractivity contribution in [2.75, 3.05) is 0 Å². The number of fused-ring (bicyclic) bond motifs is 2. The van der Waals surface area contributed by atoms with E-state index in [1.807, 2.05) is 30.3 Å². The van der Waals surface area contributed by atoms with E-state index in [9.17, 15) is 5.11 Å². The lowest BCUT2D eigenvalue weighted by atomic mass is 9.67. The Morgan fingerprint density at radius 1 is 0.952 bits per heavy atom. The fourth-order valence-electron chi connectivity index (χ4n) is 4.21. The first-order chi connectivity index (χ1) is 10.3. The number of hydrogen-bond donors (Lipinski definition) is 2. The second-order valence-corrected chi connectivity index (χ2v) is 6.67. The first-order valence-corrected chi connectivity index (χ1v) is 7.93. The summed E-state index contributed by atoms with van der Waals surface area (Å²) < 4.78 is 0. The summed E-state index contributed by atoms with van der Waals surface area (Å²) in [5.74, 6) is 3.61. The summed E-state index contributed by atoms with van der Waals surface area (Å²) in [5.41, 5.74) is 1.06. The second kappa shape index (κ2) is 5.26. The van der Waals surface area contributed by atoms with E-state index < -0.39 is 0 Å². The Balaban J connectivity index is 1.54. The zero-order valence-electron chi connectivity index (χ0n) is 12.1. The maximum Gasteiger partial charge on any atom is 0.181 e. The zero-order chi connectivity index (χ0) is 14.2. The molecule has 0 amide bonds. The van der Waals surface area contributed by atoms with Crippen molar-refractivity contribution in [3.05, 3.63) is 36.2 Å². The lowest BCUT2D eigenvalue weighted by Crippen LogP contribution is -2.33.